The van der Waals surface area contributed by atoms with E-state index in [1.165, 1.54) is 5.56 Å². The third-order valence-electron chi connectivity index (χ3n) is 3.30. The van der Waals surface area contributed by atoms with E-state index < -0.39 is 0 Å². The van der Waals surface area contributed by atoms with Crippen molar-refractivity contribution in [3.63, 3.8) is 0 Å². The standard InChI is InChI=1S/C16H17N3O/c1-2-11-6-8-12(9-7-11)20-10-15-18-14-5-3-4-13(17)16(14)19-15/h3-9H,2,10,17H2,1H3,(H,18,19). The summed E-state index contributed by atoms with van der Waals surface area (Å²) < 4.78 is 5.73. The Kier molecular flexibility index (Phi) is 3.29. The van der Waals surface area contributed by atoms with Crippen molar-refractivity contribution in [1.82, 2.24) is 9.97 Å². The molecular weight excluding hydrogens is 250 g/mol. The highest BCUT2D eigenvalue weighted by Crippen LogP contribution is 2.19. The number of rotatable bonds is 4. The van der Waals surface area contributed by atoms with Crippen LogP contribution in [-0.2, 0) is 13.0 Å². The zero-order valence-electron chi connectivity index (χ0n) is 11.4. The van der Waals surface area contributed by atoms with Gasteiger partial charge in [0.15, 0.2) is 0 Å². The van der Waals surface area contributed by atoms with Gasteiger partial charge in [0.25, 0.3) is 0 Å². The molecule has 1 heterocycles. The summed E-state index contributed by atoms with van der Waals surface area (Å²) in [5.41, 5.74) is 9.60. The molecule has 2 aromatic carbocycles. The summed E-state index contributed by atoms with van der Waals surface area (Å²) >= 11 is 0. The second kappa shape index (κ2) is 5.25. The van der Waals surface area contributed by atoms with Crippen molar-refractivity contribution in [3.05, 3.63) is 53.9 Å². The van der Waals surface area contributed by atoms with Crippen LogP contribution in [0.25, 0.3) is 11.0 Å². The highest BCUT2D eigenvalue weighted by Gasteiger charge is 2.05. The van der Waals surface area contributed by atoms with Crippen LogP contribution in [0.15, 0.2) is 42.5 Å². The molecule has 102 valence electrons. The Morgan fingerprint density at radius 3 is 2.65 bits per heavy atom. The molecule has 0 aliphatic heterocycles. The van der Waals surface area contributed by atoms with Gasteiger partial charge >= 0.3 is 0 Å². The van der Waals surface area contributed by atoms with Crippen LogP contribution in [0.5, 0.6) is 5.75 Å². The van der Waals surface area contributed by atoms with Crippen LogP contribution in [0.3, 0.4) is 0 Å². The summed E-state index contributed by atoms with van der Waals surface area (Å²) in [6.45, 7) is 2.54. The lowest BCUT2D eigenvalue weighted by Gasteiger charge is -2.04. The number of benzene rings is 2. The molecule has 0 atom stereocenters. The fourth-order valence-electron chi connectivity index (χ4n) is 2.15. The number of hydrogen-bond donors (Lipinski definition) is 2. The van der Waals surface area contributed by atoms with Crippen LogP contribution in [0, 0.1) is 0 Å². The minimum atomic E-state index is 0.402. The third-order valence-corrected chi connectivity index (χ3v) is 3.30. The lowest BCUT2D eigenvalue weighted by molar-refractivity contribution is 0.297. The molecule has 0 aliphatic rings. The number of nitrogen functional groups attached to an aromatic ring is 1. The molecule has 3 N–H and O–H groups in total. The zero-order chi connectivity index (χ0) is 13.9. The highest BCUT2D eigenvalue weighted by molar-refractivity contribution is 5.86. The maximum atomic E-state index is 5.89. The van der Waals surface area contributed by atoms with E-state index >= 15 is 0 Å². The Hall–Kier alpha value is -2.49. The van der Waals surface area contributed by atoms with Crippen LogP contribution in [0.1, 0.15) is 18.3 Å². The van der Waals surface area contributed by atoms with E-state index in [0.717, 1.165) is 29.0 Å². The number of fused-ring (bicyclic) bond motifs is 1. The molecule has 4 heteroatoms. The summed E-state index contributed by atoms with van der Waals surface area (Å²) in [6.07, 6.45) is 1.03. The van der Waals surface area contributed by atoms with Gasteiger partial charge in [-0.05, 0) is 36.2 Å². The molecule has 20 heavy (non-hydrogen) atoms. The van der Waals surface area contributed by atoms with Crippen LogP contribution in [0.2, 0.25) is 0 Å². The summed E-state index contributed by atoms with van der Waals surface area (Å²) in [4.78, 5) is 7.67. The second-order valence-electron chi connectivity index (χ2n) is 4.71. The summed E-state index contributed by atoms with van der Waals surface area (Å²) in [6, 6.07) is 13.8. The van der Waals surface area contributed by atoms with E-state index in [4.69, 9.17) is 10.5 Å². The van der Waals surface area contributed by atoms with Crippen molar-refractivity contribution < 1.29 is 4.74 Å². The molecule has 3 aromatic rings. The summed E-state index contributed by atoms with van der Waals surface area (Å²) in [5.74, 6) is 1.62. The van der Waals surface area contributed by atoms with Gasteiger partial charge in [0.05, 0.1) is 11.2 Å². The summed E-state index contributed by atoms with van der Waals surface area (Å²) in [7, 11) is 0. The van der Waals surface area contributed by atoms with E-state index in [9.17, 15) is 0 Å². The quantitative estimate of drug-likeness (QED) is 0.713. The van der Waals surface area contributed by atoms with Crippen molar-refractivity contribution in [2.75, 3.05) is 5.73 Å². The first-order valence-corrected chi connectivity index (χ1v) is 6.71. The van der Waals surface area contributed by atoms with Gasteiger partial charge in [-0.2, -0.15) is 0 Å². The SMILES string of the molecule is CCc1ccc(OCc2nc3c(N)cccc3[nH]2)cc1. The van der Waals surface area contributed by atoms with Crippen LogP contribution < -0.4 is 10.5 Å². The lowest BCUT2D eigenvalue weighted by Crippen LogP contribution is -1.97. The number of nitrogens with zero attached hydrogens (tertiary/aromatic N) is 1. The van der Waals surface area contributed by atoms with Gasteiger partial charge < -0.3 is 15.5 Å². The van der Waals surface area contributed by atoms with E-state index in [1.54, 1.807) is 0 Å². The second-order valence-corrected chi connectivity index (χ2v) is 4.71. The molecule has 4 nitrogen and oxygen atoms in total. The van der Waals surface area contributed by atoms with Crippen LogP contribution >= 0.6 is 0 Å². The molecule has 3 rings (SSSR count). The van der Waals surface area contributed by atoms with Crippen molar-refractivity contribution in [2.24, 2.45) is 0 Å². The minimum Gasteiger partial charge on any atom is -0.486 e. The molecule has 0 bridgehead atoms. The number of aryl methyl sites for hydroxylation is 1. The fraction of sp³-hybridized carbons (Fsp3) is 0.188. The maximum absolute atomic E-state index is 5.89. The average molecular weight is 267 g/mol. The first-order chi connectivity index (χ1) is 9.76. The number of nitrogens with one attached hydrogen (secondary N) is 1. The minimum absolute atomic E-state index is 0.402. The Balaban J connectivity index is 1.74. The first kappa shape index (κ1) is 12.5. The van der Waals surface area contributed by atoms with Gasteiger partial charge in [-0.1, -0.05) is 25.1 Å². The predicted molar refractivity (Wildman–Crippen MR) is 80.7 cm³/mol. The number of hydrogen-bond acceptors (Lipinski definition) is 3. The normalized spacial score (nSPS) is 10.8. The number of ether oxygens (including phenoxy) is 1. The Morgan fingerprint density at radius 1 is 1.15 bits per heavy atom. The summed E-state index contributed by atoms with van der Waals surface area (Å²) in [5, 5.41) is 0. The van der Waals surface area contributed by atoms with Crippen LogP contribution in [0.4, 0.5) is 5.69 Å². The Labute approximate surface area is 117 Å². The molecular formula is C16H17N3O. The van der Waals surface area contributed by atoms with Crippen molar-refractivity contribution in [3.8, 4) is 5.75 Å². The Morgan fingerprint density at radius 2 is 1.95 bits per heavy atom. The number of nitrogens with two attached hydrogens (primary N) is 1. The average Bonchev–Trinajstić information content (AvgIpc) is 2.90. The van der Waals surface area contributed by atoms with Crippen molar-refractivity contribution >= 4 is 16.7 Å². The van der Waals surface area contributed by atoms with Crippen molar-refractivity contribution in [1.29, 1.82) is 0 Å². The van der Waals surface area contributed by atoms with E-state index in [1.807, 2.05) is 30.3 Å². The molecule has 0 unspecified atom stereocenters. The number of aromatic nitrogens is 2. The molecule has 0 radical (unpaired) electrons. The number of imidazole rings is 1. The fourth-order valence-corrected chi connectivity index (χ4v) is 2.15. The molecule has 0 saturated carbocycles. The highest BCUT2D eigenvalue weighted by atomic mass is 16.5. The monoisotopic (exact) mass is 267 g/mol. The van der Waals surface area contributed by atoms with E-state index in [2.05, 4.69) is 29.0 Å². The van der Waals surface area contributed by atoms with Crippen LogP contribution in [-0.4, -0.2) is 9.97 Å². The van der Waals surface area contributed by atoms with Gasteiger partial charge in [-0.15, -0.1) is 0 Å². The van der Waals surface area contributed by atoms with Crippen molar-refractivity contribution in [2.45, 2.75) is 20.0 Å². The molecule has 0 spiro atoms. The molecule has 0 aliphatic carbocycles. The van der Waals surface area contributed by atoms with Gasteiger partial charge in [0.2, 0.25) is 0 Å². The number of para-hydroxylation sites is 1. The topological polar surface area (TPSA) is 63.9 Å². The van der Waals surface area contributed by atoms with E-state index in [0.29, 0.717) is 12.3 Å². The third kappa shape index (κ3) is 2.45. The van der Waals surface area contributed by atoms with Gasteiger partial charge in [-0.25, -0.2) is 4.98 Å². The van der Waals surface area contributed by atoms with Gasteiger partial charge in [0.1, 0.15) is 23.7 Å². The molecule has 1 aromatic heterocycles. The zero-order valence-corrected chi connectivity index (χ0v) is 11.4. The predicted octanol–water partition coefficient (Wildman–Crippen LogP) is 3.29. The Bertz CT molecular complexity index is 716. The molecule has 0 saturated heterocycles. The molecule has 0 amide bonds. The smallest absolute Gasteiger partial charge is 0.146 e. The maximum Gasteiger partial charge on any atom is 0.146 e. The number of H-pyrrole nitrogens is 1. The first-order valence-electron chi connectivity index (χ1n) is 6.71. The van der Waals surface area contributed by atoms with Gasteiger partial charge in [-0.3, -0.25) is 0 Å². The molecule has 0 fully saturated rings. The van der Waals surface area contributed by atoms with E-state index in [-0.39, 0.29) is 0 Å². The largest absolute Gasteiger partial charge is 0.486 e. The van der Waals surface area contributed by atoms with Gasteiger partial charge in [0, 0.05) is 0 Å². The number of aromatic amines is 1. The number of anilines is 1. The lowest BCUT2D eigenvalue weighted by atomic mass is 10.2.